The first-order valence-corrected chi connectivity index (χ1v) is 5.91. The third kappa shape index (κ3) is 3.89. The van der Waals surface area contributed by atoms with Crippen molar-refractivity contribution in [2.45, 2.75) is 19.8 Å². The van der Waals surface area contributed by atoms with E-state index < -0.39 is 18.1 Å². The highest BCUT2D eigenvalue weighted by molar-refractivity contribution is 9.10. The fourth-order valence-electron chi connectivity index (χ4n) is 1.24. The maximum Gasteiger partial charge on any atom is 0.310 e. The van der Waals surface area contributed by atoms with Gasteiger partial charge in [0, 0.05) is 10.0 Å². The number of esters is 1. The monoisotopic (exact) mass is 327 g/mol. The molecule has 0 aliphatic heterocycles. The van der Waals surface area contributed by atoms with Gasteiger partial charge in [0.1, 0.15) is 10.8 Å². The van der Waals surface area contributed by atoms with Crippen molar-refractivity contribution in [3.63, 3.8) is 0 Å². The summed E-state index contributed by atoms with van der Waals surface area (Å²) in [7, 11) is 0. The minimum atomic E-state index is -2.80. The van der Waals surface area contributed by atoms with Gasteiger partial charge in [-0.3, -0.25) is 4.79 Å². The molecule has 0 fully saturated rings. The van der Waals surface area contributed by atoms with Crippen LogP contribution in [-0.2, 0) is 16.0 Å². The molecule has 0 aliphatic carbocycles. The van der Waals surface area contributed by atoms with E-state index in [1.54, 1.807) is 6.92 Å². The highest BCUT2D eigenvalue weighted by Crippen LogP contribution is 2.30. The van der Waals surface area contributed by atoms with Gasteiger partial charge in [-0.25, -0.2) is 13.8 Å². The molecular formula is C10H9BrClF2NO2. The summed E-state index contributed by atoms with van der Waals surface area (Å²) >= 11 is 8.65. The Bertz CT molecular complexity index is 429. The second-order valence-corrected chi connectivity index (χ2v) is 4.31. The predicted octanol–water partition coefficient (Wildman–Crippen LogP) is 3.54. The van der Waals surface area contributed by atoms with Crippen LogP contribution in [0.3, 0.4) is 0 Å². The Kier molecular flexibility index (Phi) is 5.27. The van der Waals surface area contributed by atoms with Crippen molar-refractivity contribution in [2.75, 3.05) is 6.61 Å². The van der Waals surface area contributed by atoms with Gasteiger partial charge in [-0.05, 0) is 13.0 Å². The van der Waals surface area contributed by atoms with Gasteiger partial charge in [-0.15, -0.1) is 0 Å². The molecule has 0 spiro atoms. The van der Waals surface area contributed by atoms with E-state index >= 15 is 0 Å². The van der Waals surface area contributed by atoms with Crippen molar-refractivity contribution in [3.05, 3.63) is 26.9 Å². The van der Waals surface area contributed by atoms with Crippen LogP contribution in [0, 0.1) is 0 Å². The van der Waals surface area contributed by atoms with Crippen LogP contribution in [0.2, 0.25) is 5.15 Å². The number of ether oxygens (including phenoxy) is 1. The largest absolute Gasteiger partial charge is 0.466 e. The molecule has 0 atom stereocenters. The standard InChI is InChI=1S/C10H9BrClF2NO2/c1-2-17-8(16)3-5-6(11)4-7(12)15-9(5)10(13)14/h4,10H,2-3H2,1H3. The van der Waals surface area contributed by atoms with Crippen LogP contribution in [0.5, 0.6) is 0 Å². The second kappa shape index (κ2) is 6.26. The lowest BCUT2D eigenvalue weighted by atomic mass is 10.1. The number of aromatic nitrogens is 1. The van der Waals surface area contributed by atoms with Crippen molar-refractivity contribution < 1.29 is 18.3 Å². The molecule has 3 nitrogen and oxygen atoms in total. The molecule has 0 amide bonds. The highest BCUT2D eigenvalue weighted by Gasteiger charge is 2.21. The smallest absolute Gasteiger partial charge is 0.310 e. The third-order valence-corrected chi connectivity index (χ3v) is 2.80. The molecule has 17 heavy (non-hydrogen) atoms. The van der Waals surface area contributed by atoms with Crippen LogP contribution in [0.1, 0.15) is 24.6 Å². The van der Waals surface area contributed by atoms with Gasteiger partial charge in [0.15, 0.2) is 0 Å². The molecule has 7 heteroatoms. The molecular weight excluding hydrogens is 319 g/mol. The van der Waals surface area contributed by atoms with Gasteiger partial charge >= 0.3 is 5.97 Å². The van der Waals surface area contributed by atoms with Crippen molar-refractivity contribution in [2.24, 2.45) is 0 Å². The second-order valence-electron chi connectivity index (χ2n) is 3.07. The summed E-state index contributed by atoms with van der Waals surface area (Å²) < 4.78 is 30.5. The van der Waals surface area contributed by atoms with Crippen LogP contribution >= 0.6 is 27.5 Å². The molecule has 1 aromatic heterocycles. The molecule has 0 N–H and O–H groups in total. The van der Waals surface area contributed by atoms with E-state index in [0.29, 0.717) is 4.47 Å². The fraction of sp³-hybridized carbons (Fsp3) is 0.400. The summed E-state index contributed by atoms with van der Waals surface area (Å²) in [5, 5.41) is -0.0558. The van der Waals surface area contributed by atoms with Gasteiger partial charge in [0.05, 0.1) is 13.0 Å². The summed E-state index contributed by atoms with van der Waals surface area (Å²) in [5.41, 5.74) is -0.403. The first kappa shape index (κ1) is 14.3. The Hall–Kier alpha value is -0.750. The molecule has 94 valence electrons. The summed E-state index contributed by atoms with van der Waals surface area (Å²) in [6.45, 7) is 1.84. The van der Waals surface area contributed by atoms with E-state index in [9.17, 15) is 13.6 Å². The van der Waals surface area contributed by atoms with Gasteiger partial charge in [0.25, 0.3) is 6.43 Å². The van der Waals surface area contributed by atoms with Crippen LogP contribution in [-0.4, -0.2) is 17.6 Å². The van der Waals surface area contributed by atoms with Gasteiger partial charge in [-0.1, -0.05) is 27.5 Å². The topological polar surface area (TPSA) is 39.2 Å². The maximum absolute atomic E-state index is 12.7. The average molecular weight is 329 g/mol. The Morgan fingerprint density at radius 2 is 2.29 bits per heavy atom. The molecule has 1 rings (SSSR count). The normalized spacial score (nSPS) is 10.7. The van der Waals surface area contributed by atoms with E-state index in [4.69, 9.17) is 16.3 Å². The van der Waals surface area contributed by atoms with E-state index in [1.807, 2.05) is 0 Å². The Morgan fingerprint density at radius 1 is 1.65 bits per heavy atom. The van der Waals surface area contributed by atoms with Crippen LogP contribution < -0.4 is 0 Å². The summed E-state index contributed by atoms with van der Waals surface area (Å²) in [4.78, 5) is 14.8. The van der Waals surface area contributed by atoms with E-state index in [1.165, 1.54) is 6.07 Å². The number of carbonyl (C=O) groups excluding carboxylic acids is 1. The molecule has 0 aromatic carbocycles. The summed E-state index contributed by atoms with van der Waals surface area (Å²) in [6.07, 6.45) is -3.06. The lowest BCUT2D eigenvalue weighted by Gasteiger charge is -2.10. The summed E-state index contributed by atoms with van der Waals surface area (Å²) in [5.74, 6) is -0.584. The maximum atomic E-state index is 12.7. The molecule has 0 saturated carbocycles. The third-order valence-electron chi connectivity index (χ3n) is 1.90. The minimum absolute atomic E-state index is 0.0558. The number of halogens is 4. The molecule has 0 aliphatic rings. The van der Waals surface area contributed by atoms with Gasteiger partial charge < -0.3 is 4.74 Å². The molecule has 0 unspecified atom stereocenters. The van der Waals surface area contributed by atoms with Crippen molar-refractivity contribution in [1.29, 1.82) is 0 Å². The Labute approximate surface area is 110 Å². The highest BCUT2D eigenvalue weighted by atomic mass is 79.9. The summed E-state index contributed by atoms with van der Waals surface area (Å²) in [6, 6.07) is 1.36. The molecule has 0 saturated heterocycles. The lowest BCUT2D eigenvalue weighted by molar-refractivity contribution is -0.142. The zero-order valence-corrected chi connectivity index (χ0v) is 11.2. The van der Waals surface area contributed by atoms with Crippen LogP contribution in [0.15, 0.2) is 10.5 Å². The Balaban J connectivity index is 3.08. The predicted molar refractivity (Wildman–Crippen MR) is 62.2 cm³/mol. The van der Waals surface area contributed by atoms with Crippen molar-refractivity contribution in [3.8, 4) is 0 Å². The van der Waals surface area contributed by atoms with Crippen LogP contribution in [0.25, 0.3) is 0 Å². The van der Waals surface area contributed by atoms with Crippen molar-refractivity contribution in [1.82, 2.24) is 4.98 Å². The lowest BCUT2D eigenvalue weighted by Crippen LogP contribution is -2.11. The number of hydrogen-bond acceptors (Lipinski definition) is 3. The SMILES string of the molecule is CCOC(=O)Cc1c(Br)cc(Cl)nc1C(F)F. The number of nitrogens with zero attached hydrogens (tertiary/aromatic N) is 1. The fourth-order valence-corrected chi connectivity index (χ4v) is 2.13. The minimum Gasteiger partial charge on any atom is -0.466 e. The number of carbonyl (C=O) groups is 1. The quantitative estimate of drug-likeness (QED) is 0.627. The Morgan fingerprint density at radius 3 is 2.82 bits per heavy atom. The molecule has 1 aromatic rings. The first-order chi connectivity index (χ1) is 7.95. The molecule has 0 radical (unpaired) electrons. The molecule has 0 bridgehead atoms. The van der Waals surface area contributed by atoms with Gasteiger partial charge in [-0.2, -0.15) is 0 Å². The average Bonchev–Trinajstić information content (AvgIpc) is 2.21. The van der Waals surface area contributed by atoms with E-state index in [0.717, 1.165) is 0 Å². The zero-order valence-electron chi connectivity index (χ0n) is 8.84. The number of hydrogen-bond donors (Lipinski definition) is 0. The van der Waals surface area contributed by atoms with E-state index in [-0.39, 0.29) is 23.7 Å². The number of rotatable bonds is 4. The zero-order chi connectivity index (χ0) is 13.0. The van der Waals surface area contributed by atoms with Crippen molar-refractivity contribution >= 4 is 33.5 Å². The first-order valence-electron chi connectivity index (χ1n) is 4.74. The van der Waals surface area contributed by atoms with E-state index in [2.05, 4.69) is 20.9 Å². The molecule has 1 heterocycles. The van der Waals surface area contributed by atoms with Crippen LogP contribution in [0.4, 0.5) is 8.78 Å². The van der Waals surface area contributed by atoms with Gasteiger partial charge in [0.2, 0.25) is 0 Å². The number of pyridine rings is 1. The number of alkyl halides is 2.